The number of rotatable bonds is 5. The van der Waals surface area contributed by atoms with Crippen LogP contribution in [0.15, 0.2) is 24.3 Å². The molecule has 18 heteroatoms. The summed E-state index contributed by atoms with van der Waals surface area (Å²) in [6, 6.07) is -2.92. The molecule has 260 valence electrons. The maximum absolute atomic E-state index is 15.3. The molecule has 0 fully saturated rings. The van der Waals surface area contributed by atoms with Crippen LogP contribution >= 0.6 is 0 Å². The van der Waals surface area contributed by atoms with Gasteiger partial charge >= 0.3 is 0 Å². The van der Waals surface area contributed by atoms with Gasteiger partial charge in [-0.3, -0.25) is 0 Å². The van der Waals surface area contributed by atoms with Gasteiger partial charge < -0.3 is 5.73 Å². The number of benzene rings is 4. The first-order valence-corrected chi connectivity index (χ1v) is 13.3. The van der Waals surface area contributed by atoms with E-state index in [1.54, 1.807) is 0 Å². The molecule has 0 spiro atoms. The van der Waals surface area contributed by atoms with Crippen LogP contribution in [0, 0.1) is 99.0 Å². The minimum atomic E-state index is -6.18. The summed E-state index contributed by atoms with van der Waals surface area (Å²) in [6.45, 7) is 8.68. The summed E-state index contributed by atoms with van der Waals surface area (Å²) in [5, 5.41) is 0. The molecule has 0 saturated carbocycles. The molecule has 0 saturated heterocycles. The molecule has 4 aromatic rings. The number of hydrogen-bond donors (Lipinski definition) is 1. The molecule has 3 N–H and O–H groups in total. The van der Waals surface area contributed by atoms with Gasteiger partial charge in [-0.05, 0) is 13.8 Å². The molecule has 4 rings (SSSR count). The van der Waals surface area contributed by atoms with Crippen molar-refractivity contribution < 1.29 is 76.0 Å². The second-order valence-electron chi connectivity index (χ2n) is 11.5. The van der Waals surface area contributed by atoms with Crippen LogP contribution in [-0.2, 0) is 0 Å². The van der Waals surface area contributed by atoms with E-state index in [9.17, 15) is 35.1 Å². The van der Waals surface area contributed by atoms with Crippen LogP contribution in [0.2, 0.25) is 0 Å². The summed E-state index contributed by atoms with van der Waals surface area (Å²) in [5.74, 6) is -44.4. The van der Waals surface area contributed by atoms with E-state index < -0.39 is 145 Å². The zero-order chi connectivity index (χ0) is 37.0. The molecule has 4 aromatic carbocycles. The molecular weight excluding hydrogens is 689 g/mol. The van der Waals surface area contributed by atoms with Gasteiger partial charge in [-0.15, -0.1) is 21.9 Å². The van der Waals surface area contributed by atoms with Crippen molar-refractivity contribution in [3.63, 3.8) is 0 Å². The first-order valence-electron chi connectivity index (χ1n) is 13.3. The zero-order valence-electron chi connectivity index (χ0n) is 24.7. The Morgan fingerprint density at radius 3 is 0.708 bits per heavy atom. The molecule has 0 aliphatic rings. The number of hydrogen-bond acceptors (Lipinski definition) is 0. The Labute approximate surface area is 260 Å². The molecule has 48 heavy (non-hydrogen) atoms. The van der Waals surface area contributed by atoms with Crippen molar-refractivity contribution in [3.8, 4) is 0 Å². The van der Waals surface area contributed by atoms with Crippen LogP contribution in [0.25, 0.3) is 0 Å². The molecule has 1 nitrogen and oxygen atoms in total. The van der Waals surface area contributed by atoms with Gasteiger partial charge in [0.05, 0.1) is 28.8 Å². The molecule has 0 radical (unpaired) electrons. The number of halogens is 16. The summed E-state index contributed by atoms with van der Waals surface area (Å²) in [5.41, 5.74) is -6.72. The van der Waals surface area contributed by atoms with Crippen LogP contribution in [-0.4, -0.2) is 11.7 Å². The minimum Gasteiger partial charge on any atom is -0.353 e. The average Bonchev–Trinajstić information content (AvgIpc) is 2.96. The van der Waals surface area contributed by atoms with Gasteiger partial charge in [0.1, 0.15) is 29.4 Å². The monoisotopic (exact) mass is 709 g/mol. The predicted octanol–water partition coefficient (Wildman–Crippen LogP) is 5.95. The van der Waals surface area contributed by atoms with Crippen molar-refractivity contribution in [2.24, 2.45) is 5.92 Å². The second-order valence-corrected chi connectivity index (χ2v) is 11.5. The van der Waals surface area contributed by atoms with Gasteiger partial charge in [-0.25, -0.2) is 70.2 Å². The molecule has 0 heterocycles. The molecule has 0 bridgehead atoms. The van der Waals surface area contributed by atoms with Crippen LogP contribution in [0.5, 0.6) is 0 Å². The smallest absolute Gasteiger partial charge is 0.191 e. The highest BCUT2D eigenvalue weighted by Crippen LogP contribution is 2.27. The third-order valence-electron chi connectivity index (χ3n) is 7.89. The summed E-state index contributed by atoms with van der Waals surface area (Å²) >= 11 is 0. The van der Waals surface area contributed by atoms with Crippen LogP contribution in [0.4, 0.5) is 70.2 Å². The van der Waals surface area contributed by atoms with E-state index >= 15 is 35.1 Å². The third-order valence-corrected chi connectivity index (χ3v) is 7.89. The Morgan fingerprint density at radius 1 is 0.396 bits per heavy atom. The Balaban J connectivity index is 0.000000804. The Kier molecular flexibility index (Phi) is 10.6. The van der Waals surface area contributed by atoms with Gasteiger partial charge in [0, 0.05) is 30.2 Å². The van der Waals surface area contributed by atoms with E-state index in [-0.39, 0.29) is 5.54 Å². The highest BCUT2D eigenvalue weighted by atomic mass is 19.2. The van der Waals surface area contributed by atoms with Crippen molar-refractivity contribution in [1.29, 1.82) is 0 Å². The molecule has 0 aromatic heterocycles. The quantitative estimate of drug-likeness (QED) is 0.115. The van der Waals surface area contributed by atoms with Crippen molar-refractivity contribution in [2.45, 2.75) is 33.2 Å². The fraction of sp³-hybridized carbons (Fsp3) is 0.200. The van der Waals surface area contributed by atoms with Crippen LogP contribution in [0.3, 0.4) is 0 Å². The van der Waals surface area contributed by atoms with Crippen LogP contribution in [0.1, 0.15) is 27.7 Å². The lowest BCUT2D eigenvalue weighted by molar-refractivity contribution is -0.477. The Morgan fingerprint density at radius 2 is 0.562 bits per heavy atom. The highest BCUT2D eigenvalue weighted by molar-refractivity contribution is 7.20. The normalized spacial score (nSPS) is 12.0. The average molecular weight is 709 g/mol. The second kappa shape index (κ2) is 13.4. The molecule has 0 aliphatic heterocycles. The lowest BCUT2D eigenvalue weighted by Crippen LogP contribution is -2.80. The van der Waals surface area contributed by atoms with Crippen molar-refractivity contribution in [1.82, 2.24) is 0 Å². The third kappa shape index (κ3) is 6.21. The maximum atomic E-state index is 15.3. The summed E-state index contributed by atoms with van der Waals surface area (Å²) in [4.78, 5) is 0. The fourth-order valence-corrected chi connectivity index (χ4v) is 4.77. The van der Waals surface area contributed by atoms with Crippen molar-refractivity contribution >= 4 is 28.0 Å². The van der Waals surface area contributed by atoms with E-state index in [2.05, 4.69) is 33.4 Å². The van der Waals surface area contributed by atoms with Gasteiger partial charge in [0.15, 0.2) is 46.5 Å². The Hall–Kier alpha value is -4.22. The van der Waals surface area contributed by atoms with Crippen LogP contribution < -0.4 is 27.6 Å². The molecular formula is C30H20BF16N. The molecule has 0 atom stereocenters. The summed E-state index contributed by atoms with van der Waals surface area (Å²) in [6.07, 6.45) is -6.18. The molecule has 0 unspecified atom stereocenters. The topological polar surface area (TPSA) is 27.6 Å². The summed E-state index contributed by atoms with van der Waals surface area (Å²) < 4.78 is 235. The summed E-state index contributed by atoms with van der Waals surface area (Å²) in [7, 11) is 0. The van der Waals surface area contributed by atoms with E-state index in [0.29, 0.717) is 5.92 Å². The zero-order valence-corrected chi connectivity index (χ0v) is 24.7. The largest absolute Gasteiger partial charge is 0.353 e. The van der Waals surface area contributed by atoms with E-state index in [1.165, 1.54) is 0 Å². The minimum absolute atomic E-state index is 0.250. The first-order chi connectivity index (χ1) is 21.9. The van der Waals surface area contributed by atoms with E-state index in [1.807, 2.05) is 0 Å². The van der Waals surface area contributed by atoms with Crippen molar-refractivity contribution in [3.05, 3.63) is 117 Å². The lowest BCUT2D eigenvalue weighted by atomic mass is 9.12. The fourth-order valence-electron chi connectivity index (χ4n) is 4.77. The van der Waals surface area contributed by atoms with E-state index in [4.69, 9.17) is 0 Å². The first kappa shape index (κ1) is 38.2. The lowest BCUT2D eigenvalue weighted by Gasteiger charge is -2.44. The predicted molar refractivity (Wildman–Crippen MR) is 141 cm³/mol. The number of quaternary nitrogens is 1. The molecule has 0 aliphatic carbocycles. The Bertz CT molecular complexity index is 1660. The van der Waals surface area contributed by atoms with Crippen molar-refractivity contribution in [2.75, 3.05) is 0 Å². The SMILES string of the molecule is CC(C)C(C)(C)[NH3+].Fc1cc(F)c([B-](c2c(F)cc(F)c(F)c2F)(c2c(F)cc(F)c(F)c2F)c2c(F)cc(F)c(F)c2F)c(F)c1F. The highest BCUT2D eigenvalue weighted by Gasteiger charge is 2.49. The van der Waals surface area contributed by atoms with Gasteiger partial charge in [0.2, 0.25) is 0 Å². The maximum Gasteiger partial charge on any atom is 0.191 e. The van der Waals surface area contributed by atoms with Gasteiger partial charge in [0.25, 0.3) is 0 Å². The van der Waals surface area contributed by atoms with Gasteiger partial charge in [-0.2, -0.15) is 0 Å². The standard InChI is InChI=1S/C24H4BF16.C6H15N/c26-5-1-9(30)17(34)21(38)13(5)25(14-6(27)2-10(31)18(35)22(14)39,15-7(28)3-11(32)19(36)23(15)40)16-8(29)4-12(33)20(37)24(16)41;1-5(2)6(3,4)7/h1-4H;5H,7H2,1-4H3/q-1;/p+1. The van der Waals surface area contributed by atoms with E-state index in [0.717, 1.165) is 0 Å². The van der Waals surface area contributed by atoms with Gasteiger partial charge in [-0.1, -0.05) is 13.8 Å². The molecule has 0 amide bonds.